The Morgan fingerprint density at radius 1 is 1.07 bits per heavy atom. The Bertz CT molecular complexity index is 871. The molecule has 2 heterocycles. The van der Waals surface area contributed by atoms with Gasteiger partial charge in [-0.05, 0) is 31.2 Å². The number of nitrogens with zero attached hydrogens (tertiary/aromatic N) is 3. The number of rotatable bonds is 5. The predicted octanol–water partition coefficient (Wildman–Crippen LogP) is 3.41. The van der Waals surface area contributed by atoms with Crippen LogP contribution in [0.4, 0.5) is 0 Å². The Kier molecular flexibility index (Phi) is 5.36. The van der Waals surface area contributed by atoms with E-state index in [9.17, 15) is 4.79 Å². The largest absolute Gasteiger partial charge is 0.481 e. The maximum absolute atomic E-state index is 12.7. The minimum atomic E-state index is -0.469. The van der Waals surface area contributed by atoms with Crippen LogP contribution in [0.5, 0.6) is 5.75 Å². The second-order valence-electron chi connectivity index (χ2n) is 6.75. The summed E-state index contributed by atoms with van der Waals surface area (Å²) in [5, 5.41) is 1.14. The van der Waals surface area contributed by atoms with Gasteiger partial charge in [0.2, 0.25) is 0 Å². The maximum atomic E-state index is 12.7. The van der Waals surface area contributed by atoms with Crippen molar-refractivity contribution >= 4 is 27.5 Å². The highest BCUT2D eigenvalue weighted by atomic mass is 32.1. The Labute approximate surface area is 163 Å². The maximum Gasteiger partial charge on any atom is 0.263 e. The molecule has 0 spiro atoms. The predicted molar refractivity (Wildman–Crippen MR) is 108 cm³/mol. The lowest BCUT2D eigenvalue weighted by Gasteiger charge is -2.35. The fourth-order valence-corrected chi connectivity index (χ4v) is 4.33. The summed E-state index contributed by atoms with van der Waals surface area (Å²) in [6.07, 6.45) is -0.469. The number of aromatic nitrogens is 1. The second-order valence-corrected chi connectivity index (χ2v) is 7.87. The van der Waals surface area contributed by atoms with Gasteiger partial charge in [0.15, 0.2) is 6.10 Å². The Balaban J connectivity index is 1.29. The molecule has 5 nitrogen and oxygen atoms in total. The first-order chi connectivity index (χ1) is 13.2. The first-order valence-electron chi connectivity index (χ1n) is 9.26. The van der Waals surface area contributed by atoms with Crippen LogP contribution in [0.15, 0.2) is 54.6 Å². The standard InChI is InChI=1S/C21H23N3O2S/c1-16(26-17-7-3-2-4-8-17)21(25)24-13-11-23(12-14-24)15-20-22-18-9-5-6-10-19(18)27-20/h2-10,16H,11-15H2,1H3/t16-/m0/s1. The van der Waals surface area contributed by atoms with Crippen LogP contribution in [-0.4, -0.2) is 53.0 Å². The van der Waals surface area contributed by atoms with E-state index in [1.807, 2.05) is 54.3 Å². The lowest BCUT2D eigenvalue weighted by molar-refractivity contribution is -0.139. The van der Waals surface area contributed by atoms with E-state index in [-0.39, 0.29) is 5.91 Å². The molecule has 1 fully saturated rings. The summed E-state index contributed by atoms with van der Waals surface area (Å²) in [6.45, 7) is 5.85. The number of para-hydroxylation sites is 2. The van der Waals surface area contributed by atoms with Crippen molar-refractivity contribution in [1.82, 2.24) is 14.8 Å². The number of hydrogen-bond acceptors (Lipinski definition) is 5. The minimum absolute atomic E-state index is 0.0542. The van der Waals surface area contributed by atoms with Crippen molar-refractivity contribution in [3.05, 3.63) is 59.6 Å². The van der Waals surface area contributed by atoms with Crippen LogP contribution in [0.3, 0.4) is 0 Å². The normalized spacial score (nSPS) is 16.4. The third kappa shape index (κ3) is 4.28. The van der Waals surface area contributed by atoms with Crippen molar-refractivity contribution in [2.75, 3.05) is 26.2 Å². The first kappa shape index (κ1) is 17.9. The molecular formula is C21H23N3O2S. The average molecular weight is 382 g/mol. The molecule has 3 aromatic rings. The van der Waals surface area contributed by atoms with Crippen LogP contribution >= 0.6 is 11.3 Å². The van der Waals surface area contributed by atoms with Crippen molar-refractivity contribution < 1.29 is 9.53 Å². The van der Waals surface area contributed by atoms with Gasteiger partial charge < -0.3 is 9.64 Å². The van der Waals surface area contributed by atoms with E-state index >= 15 is 0 Å². The van der Waals surface area contributed by atoms with Crippen LogP contribution in [0.25, 0.3) is 10.2 Å². The summed E-state index contributed by atoms with van der Waals surface area (Å²) < 4.78 is 7.00. The molecule has 4 rings (SSSR count). The summed E-state index contributed by atoms with van der Waals surface area (Å²) >= 11 is 1.75. The molecule has 27 heavy (non-hydrogen) atoms. The fraction of sp³-hybridized carbons (Fsp3) is 0.333. The average Bonchev–Trinajstić information content (AvgIpc) is 3.11. The molecular weight excluding hydrogens is 358 g/mol. The van der Waals surface area contributed by atoms with Gasteiger partial charge in [0.25, 0.3) is 5.91 Å². The molecule has 0 aliphatic carbocycles. The molecule has 6 heteroatoms. The number of ether oxygens (including phenoxy) is 1. The summed E-state index contributed by atoms with van der Waals surface area (Å²) in [5.74, 6) is 0.784. The van der Waals surface area contributed by atoms with Gasteiger partial charge in [0.1, 0.15) is 10.8 Å². The number of carbonyl (C=O) groups excluding carboxylic acids is 1. The highest BCUT2D eigenvalue weighted by Crippen LogP contribution is 2.23. The van der Waals surface area contributed by atoms with E-state index in [1.54, 1.807) is 11.3 Å². The lowest BCUT2D eigenvalue weighted by Crippen LogP contribution is -2.51. The van der Waals surface area contributed by atoms with Gasteiger partial charge in [-0.3, -0.25) is 9.69 Å². The van der Waals surface area contributed by atoms with Gasteiger partial charge in [0.05, 0.1) is 16.8 Å². The van der Waals surface area contributed by atoms with E-state index in [2.05, 4.69) is 17.0 Å². The third-order valence-electron chi connectivity index (χ3n) is 4.78. The summed E-state index contributed by atoms with van der Waals surface area (Å²) in [4.78, 5) is 21.6. The quantitative estimate of drug-likeness (QED) is 0.679. The molecule has 2 aromatic carbocycles. The van der Waals surface area contributed by atoms with Crippen LogP contribution in [0.1, 0.15) is 11.9 Å². The summed E-state index contributed by atoms with van der Waals surface area (Å²) in [7, 11) is 0. The SMILES string of the molecule is C[C@H](Oc1ccccc1)C(=O)N1CCN(Cc2nc3ccccc3s2)CC1. The van der Waals surface area contributed by atoms with Crippen molar-refractivity contribution in [2.45, 2.75) is 19.6 Å². The smallest absolute Gasteiger partial charge is 0.263 e. The first-order valence-corrected chi connectivity index (χ1v) is 10.1. The minimum Gasteiger partial charge on any atom is -0.481 e. The Morgan fingerprint density at radius 3 is 2.52 bits per heavy atom. The van der Waals surface area contributed by atoms with Gasteiger partial charge in [-0.1, -0.05) is 30.3 Å². The Morgan fingerprint density at radius 2 is 1.78 bits per heavy atom. The molecule has 140 valence electrons. The van der Waals surface area contributed by atoms with Crippen LogP contribution in [0, 0.1) is 0 Å². The number of hydrogen-bond donors (Lipinski definition) is 0. The number of thiazole rings is 1. The number of piperazine rings is 1. The van der Waals surface area contributed by atoms with Crippen LogP contribution < -0.4 is 4.74 Å². The van der Waals surface area contributed by atoms with Gasteiger partial charge in [-0.2, -0.15) is 0 Å². The van der Waals surface area contributed by atoms with Gasteiger partial charge >= 0.3 is 0 Å². The zero-order valence-electron chi connectivity index (χ0n) is 15.4. The van der Waals surface area contributed by atoms with E-state index in [0.29, 0.717) is 0 Å². The zero-order chi connectivity index (χ0) is 18.6. The third-order valence-corrected chi connectivity index (χ3v) is 5.81. The topological polar surface area (TPSA) is 45.7 Å². The summed E-state index contributed by atoms with van der Waals surface area (Å²) in [5.41, 5.74) is 1.07. The van der Waals surface area contributed by atoms with Crippen molar-refractivity contribution in [3.63, 3.8) is 0 Å². The zero-order valence-corrected chi connectivity index (χ0v) is 16.2. The molecule has 1 aromatic heterocycles. The Hall–Kier alpha value is -2.44. The monoisotopic (exact) mass is 381 g/mol. The van der Waals surface area contributed by atoms with E-state index in [0.717, 1.165) is 49.0 Å². The number of benzene rings is 2. The molecule has 1 amide bonds. The van der Waals surface area contributed by atoms with Crippen LogP contribution in [0.2, 0.25) is 0 Å². The van der Waals surface area contributed by atoms with Crippen molar-refractivity contribution in [1.29, 1.82) is 0 Å². The number of amides is 1. The van der Waals surface area contributed by atoms with E-state index < -0.39 is 6.10 Å². The van der Waals surface area contributed by atoms with E-state index in [4.69, 9.17) is 9.72 Å². The molecule has 1 aliphatic rings. The molecule has 0 N–H and O–H groups in total. The lowest BCUT2D eigenvalue weighted by atomic mass is 10.2. The number of fused-ring (bicyclic) bond motifs is 1. The van der Waals surface area contributed by atoms with Crippen LogP contribution in [-0.2, 0) is 11.3 Å². The highest BCUT2D eigenvalue weighted by molar-refractivity contribution is 7.18. The molecule has 0 radical (unpaired) electrons. The van der Waals surface area contributed by atoms with Gasteiger partial charge in [0, 0.05) is 26.2 Å². The second kappa shape index (κ2) is 8.06. The molecule has 1 saturated heterocycles. The highest BCUT2D eigenvalue weighted by Gasteiger charge is 2.26. The van der Waals surface area contributed by atoms with Gasteiger partial charge in [-0.15, -0.1) is 11.3 Å². The molecule has 0 bridgehead atoms. The molecule has 1 aliphatic heterocycles. The summed E-state index contributed by atoms with van der Waals surface area (Å²) in [6, 6.07) is 17.7. The molecule has 0 saturated carbocycles. The van der Waals surface area contributed by atoms with Crippen molar-refractivity contribution in [2.24, 2.45) is 0 Å². The van der Waals surface area contributed by atoms with Crippen molar-refractivity contribution in [3.8, 4) is 5.75 Å². The number of carbonyl (C=O) groups is 1. The molecule has 0 unspecified atom stereocenters. The fourth-order valence-electron chi connectivity index (χ4n) is 3.32. The molecule has 1 atom stereocenters. The van der Waals surface area contributed by atoms with Gasteiger partial charge in [-0.25, -0.2) is 4.98 Å². The van der Waals surface area contributed by atoms with E-state index in [1.165, 1.54) is 4.70 Å².